The lowest BCUT2D eigenvalue weighted by Crippen LogP contribution is -2.36. The number of nitrogens with one attached hydrogen (secondary N) is 1. The lowest BCUT2D eigenvalue weighted by Gasteiger charge is -2.16. The molecular formula is C16H13F5N2O5S2. The van der Waals surface area contributed by atoms with Crippen molar-refractivity contribution in [3.63, 3.8) is 0 Å². The van der Waals surface area contributed by atoms with Gasteiger partial charge in [-0.1, -0.05) is 11.3 Å². The van der Waals surface area contributed by atoms with Crippen LogP contribution in [0.1, 0.15) is 24.2 Å². The van der Waals surface area contributed by atoms with Gasteiger partial charge in [0, 0.05) is 23.3 Å². The van der Waals surface area contributed by atoms with E-state index in [-0.39, 0.29) is 14.8 Å². The van der Waals surface area contributed by atoms with Crippen molar-refractivity contribution in [3.8, 4) is 5.75 Å². The number of hydrogen-bond donors (Lipinski definition) is 3. The summed E-state index contributed by atoms with van der Waals surface area (Å²) in [4.78, 5) is 22.7. The molecule has 0 aliphatic heterocycles. The Labute approximate surface area is 172 Å². The molecule has 2 amide bonds. The Morgan fingerprint density at radius 2 is 1.83 bits per heavy atom. The number of carbonyl (C=O) groups excluding carboxylic acids is 2. The number of amides is 2. The molecule has 4 N–H and O–H groups in total. The summed E-state index contributed by atoms with van der Waals surface area (Å²) in [5, 5.41) is 11.7. The van der Waals surface area contributed by atoms with Gasteiger partial charge >= 0.3 is 6.36 Å². The van der Waals surface area contributed by atoms with Crippen LogP contribution in [-0.4, -0.2) is 33.4 Å². The van der Waals surface area contributed by atoms with Crippen molar-refractivity contribution in [2.75, 3.05) is 5.32 Å². The van der Waals surface area contributed by atoms with Gasteiger partial charge in [-0.25, -0.2) is 0 Å². The second-order valence-corrected chi connectivity index (χ2v) is 8.92. The minimum absolute atomic E-state index is 0.212. The fourth-order valence-corrected chi connectivity index (χ4v) is 4.46. The fraction of sp³-hybridized carbons (Fsp3) is 0.250. The van der Waals surface area contributed by atoms with Crippen molar-refractivity contribution in [2.24, 2.45) is 5.73 Å². The number of carbonyl (C=O) groups is 2. The highest BCUT2D eigenvalue weighted by atomic mass is 32.2. The number of ether oxygens (including phenoxy) is 1. The Hall–Kier alpha value is -2.42. The first-order chi connectivity index (χ1) is 13.6. The summed E-state index contributed by atoms with van der Waals surface area (Å²) in [5.74, 6) is -7.31. The van der Waals surface area contributed by atoms with E-state index in [4.69, 9.17) is 5.73 Å². The molecule has 1 atom stereocenters. The van der Waals surface area contributed by atoms with Crippen molar-refractivity contribution in [3.05, 3.63) is 35.4 Å². The smallest absolute Gasteiger partial charge is 0.573 e. The Bertz CT molecular complexity index is 988. The third-order valence-electron chi connectivity index (χ3n) is 3.38. The molecule has 30 heavy (non-hydrogen) atoms. The molecule has 1 aromatic carbocycles. The van der Waals surface area contributed by atoms with Gasteiger partial charge in [-0.3, -0.25) is 9.59 Å². The van der Waals surface area contributed by atoms with E-state index in [1.807, 2.05) is 0 Å². The number of alkyl halides is 3. The predicted molar refractivity (Wildman–Crippen MR) is 95.5 cm³/mol. The lowest BCUT2D eigenvalue weighted by atomic mass is 10.1. The third-order valence-corrected chi connectivity index (χ3v) is 6.12. The summed E-state index contributed by atoms with van der Waals surface area (Å²) in [6.45, 7) is 2.31. The number of anilines is 1. The Morgan fingerprint density at radius 1 is 1.23 bits per heavy atom. The van der Waals surface area contributed by atoms with E-state index in [2.05, 4.69) is 10.1 Å². The van der Waals surface area contributed by atoms with E-state index in [1.165, 1.54) is 0 Å². The molecule has 7 nitrogen and oxygen atoms in total. The van der Waals surface area contributed by atoms with Gasteiger partial charge in [0.05, 0.1) is 5.56 Å². The van der Waals surface area contributed by atoms with Crippen LogP contribution in [0.25, 0.3) is 0 Å². The molecule has 2 aromatic rings. The molecule has 0 bridgehead atoms. The molecule has 0 aliphatic rings. The monoisotopic (exact) mass is 472 g/mol. The molecule has 0 saturated carbocycles. The minimum Gasteiger partial charge on any atom is -0.606 e. The van der Waals surface area contributed by atoms with Crippen LogP contribution in [0.4, 0.5) is 27.0 Å². The standard InChI is InChI=1S/C16H13F5N2O5S2/c1-15(2,26)14(25)23-13-6(12(22)24)5-9(29-13)30(27)8-4-3-7(10(17)11(8)18)28-16(19,20)21/h3-5,26H,1-2H3,(H2,22,24)(H,23,25). The van der Waals surface area contributed by atoms with Crippen molar-refractivity contribution >= 4 is 39.3 Å². The van der Waals surface area contributed by atoms with E-state index < -0.39 is 57.2 Å². The van der Waals surface area contributed by atoms with Crippen molar-refractivity contribution in [1.29, 1.82) is 0 Å². The molecule has 14 heteroatoms. The van der Waals surface area contributed by atoms with Gasteiger partial charge < -0.3 is 25.4 Å². The average Bonchev–Trinajstić information content (AvgIpc) is 3.01. The summed E-state index contributed by atoms with van der Waals surface area (Å²) in [5.41, 5.74) is 3.02. The maximum atomic E-state index is 14.2. The summed E-state index contributed by atoms with van der Waals surface area (Å²) in [6, 6.07) is 2.01. The molecule has 0 saturated heterocycles. The van der Waals surface area contributed by atoms with Gasteiger partial charge in [0.2, 0.25) is 15.8 Å². The van der Waals surface area contributed by atoms with Crippen LogP contribution in [-0.2, 0) is 16.0 Å². The van der Waals surface area contributed by atoms with Crippen LogP contribution in [0.5, 0.6) is 5.75 Å². The summed E-state index contributed by atoms with van der Waals surface area (Å²) in [6.07, 6.45) is -5.27. The highest BCUT2D eigenvalue weighted by Crippen LogP contribution is 2.37. The van der Waals surface area contributed by atoms with Crippen molar-refractivity contribution in [2.45, 2.75) is 34.9 Å². The number of nitrogens with two attached hydrogens (primary N) is 1. The summed E-state index contributed by atoms with van der Waals surface area (Å²) < 4.78 is 80.5. The first kappa shape index (κ1) is 23.9. The second-order valence-electron chi connectivity index (χ2n) is 6.19. The maximum absolute atomic E-state index is 14.2. The molecular weight excluding hydrogens is 459 g/mol. The second kappa shape index (κ2) is 8.37. The largest absolute Gasteiger partial charge is 0.606 e. The molecule has 0 spiro atoms. The van der Waals surface area contributed by atoms with E-state index in [0.29, 0.717) is 23.5 Å². The number of benzene rings is 1. The number of primary amides is 1. The number of hydrogen-bond acceptors (Lipinski definition) is 6. The Kier molecular flexibility index (Phi) is 6.66. The van der Waals surface area contributed by atoms with Gasteiger partial charge in [-0.15, -0.1) is 13.2 Å². The zero-order valence-electron chi connectivity index (χ0n) is 15.1. The molecule has 1 aromatic heterocycles. The van der Waals surface area contributed by atoms with Gasteiger partial charge in [0.15, 0.2) is 10.6 Å². The summed E-state index contributed by atoms with van der Waals surface area (Å²) in [7, 11) is 0. The molecule has 1 unspecified atom stereocenters. The highest BCUT2D eigenvalue weighted by Gasteiger charge is 2.35. The first-order valence-electron chi connectivity index (χ1n) is 7.74. The molecule has 0 fully saturated rings. The predicted octanol–water partition coefficient (Wildman–Crippen LogP) is 2.90. The van der Waals surface area contributed by atoms with Gasteiger partial charge in [-0.05, 0) is 19.9 Å². The number of aliphatic hydroxyl groups is 1. The normalized spacial score (nSPS) is 13.1. The van der Waals surface area contributed by atoms with Crippen LogP contribution in [0.2, 0.25) is 0 Å². The molecule has 2 rings (SSSR count). The highest BCUT2D eigenvalue weighted by molar-refractivity contribution is 7.93. The van der Waals surface area contributed by atoms with Crippen LogP contribution in [0.15, 0.2) is 27.3 Å². The number of rotatable bonds is 6. The van der Waals surface area contributed by atoms with E-state index in [9.17, 15) is 41.2 Å². The maximum Gasteiger partial charge on any atom is 0.573 e. The topological polar surface area (TPSA) is 125 Å². The van der Waals surface area contributed by atoms with Crippen LogP contribution >= 0.6 is 11.3 Å². The van der Waals surface area contributed by atoms with Crippen LogP contribution in [0.3, 0.4) is 0 Å². The van der Waals surface area contributed by atoms with Gasteiger partial charge in [-0.2, -0.15) is 8.78 Å². The van der Waals surface area contributed by atoms with Crippen molar-refractivity contribution in [1.82, 2.24) is 0 Å². The molecule has 164 valence electrons. The Balaban J connectivity index is 2.43. The van der Waals surface area contributed by atoms with Crippen molar-refractivity contribution < 1.29 is 45.9 Å². The van der Waals surface area contributed by atoms with Gasteiger partial charge in [0.1, 0.15) is 10.6 Å². The van der Waals surface area contributed by atoms with E-state index in [0.717, 1.165) is 19.9 Å². The quantitative estimate of drug-likeness (QED) is 0.441. The van der Waals surface area contributed by atoms with Crippen LogP contribution in [0, 0.1) is 11.6 Å². The molecule has 0 radical (unpaired) electrons. The molecule has 0 aliphatic carbocycles. The van der Waals surface area contributed by atoms with Crippen LogP contribution < -0.4 is 15.8 Å². The fourth-order valence-electron chi connectivity index (χ4n) is 1.96. The Morgan fingerprint density at radius 3 is 2.33 bits per heavy atom. The zero-order chi connectivity index (χ0) is 23.0. The first-order valence-corrected chi connectivity index (χ1v) is 9.71. The minimum atomic E-state index is -5.27. The molecule has 1 heterocycles. The van der Waals surface area contributed by atoms with E-state index in [1.54, 1.807) is 0 Å². The average molecular weight is 472 g/mol. The summed E-state index contributed by atoms with van der Waals surface area (Å²) >= 11 is -1.98. The number of thiophene rings is 1. The van der Waals surface area contributed by atoms with Gasteiger partial charge in [0.25, 0.3) is 11.8 Å². The van der Waals surface area contributed by atoms with E-state index >= 15 is 0 Å². The zero-order valence-corrected chi connectivity index (χ0v) is 16.7. The third kappa shape index (κ3) is 5.38. The SMILES string of the molecule is CC(C)(O)C(=O)Nc1sc([S+]([O-])c2ccc(OC(F)(F)F)c(F)c2F)cc1C(N)=O. The lowest BCUT2D eigenvalue weighted by molar-refractivity contribution is -0.275. The number of halogens is 5.